The molecule has 0 N–H and O–H groups in total. The first kappa shape index (κ1) is 8.52. The van der Waals surface area contributed by atoms with Crippen LogP contribution in [0.5, 0.6) is 0 Å². The van der Waals surface area contributed by atoms with E-state index in [9.17, 15) is 0 Å². The predicted molar refractivity (Wildman–Crippen MR) is 47.2 cm³/mol. The van der Waals surface area contributed by atoms with E-state index in [2.05, 4.69) is 0 Å². The molecule has 1 saturated heterocycles. The summed E-state index contributed by atoms with van der Waals surface area (Å²) in [7, 11) is 0. The zero-order valence-electron chi connectivity index (χ0n) is 7.63. The summed E-state index contributed by atoms with van der Waals surface area (Å²) in [4.78, 5) is 0. The minimum Gasteiger partial charge on any atom is -0.381 e. The van der Waals surface area contributed by atoms with E-state index >= 15 is 0 Å². The SMILES string of the molecule is C1CCC(OC2CCOCC2)C1. The molecule has 1 aliphatic heterocycles. The molecule has 2 nitrogen and oxygen atoms in total. The monoisotopic (exact) mass is 170 g/mol. The highest BCUT2D eigenvalue weighted by molar-refractivity contribution is 4.71. The number of ether oxygens (including phenoxy) is 2. The molecule has 0 spiro atoms. The number of hydrogen-bond donors (Lipinski definition) is 0. The van der Waals surface area contributed by atoms with Gasteiger partial charge >= 0.3 is 0 Å². The van der Waals surface area contributed by atoms with Crippen molar-refractivity contribution < 1.29 is 9.47 Å². The fourth-order valence-corrected chi connectivity index (χ4v) is 2.11. The van der Waals surface area contributed by atoms with Crippen LogP contribution >= 0.6 is 0 Å². The van der Waals surface area contributed by atoms with E-state index in [0.29, 0.717) is 12.2 Å². The molecule has 70 valence electrons. The van der Waals surface area contributed by atoms with Gasteiger partial charge in [0, 0.05) is 13.2 Å². The van der Waals surface area contributed by atoms with Gasteiger partial charge in [-0.25, -0.2) is 0 Å². The fourth-order valence-electron chi connectivity index (χ4n) is 2.11. The maximum Gasteiger partial charge on any atom is 0.0622 e. The maximum absolute atomic E-state index is 5.97. The summed E-state index contributed by atoms with van der Waals surface area (Å²) in [5, 5.41) is 0. The molecule has 1 aliphatic carbocycles. The van der Waals surface area contributed by atoms with Crippen LogP contribution in [0.25, 0.3) is 0 Å². The lowest BCUT2D eigenvalue weighted by Gasteiger charge is -2.25. The Morgan fingerprint density at radius 3 is 2.08 bits per heavy atom. The summed E-state index contributed by atoms with van der Waals surface area (Å²) in [6.07, 6.45) is 8.61. The molecule has 0 unspecified atom stereocenters. The van der Waals surface area contributed by atoms with Gasteiger partial charge in [-0.3, -0.25) is 0 Å². The van der Waals surface area contributed by atoms with E-state index in [0.717, 1.165) is 26.1 Å². The number of rotatable bonds is 2. The first-order chi connectivity index (χ1) is 5.95. The summed E-state index contributed by atoms with van der Waals surface area (Å²) >= 11 is 0. The topological polar surface area (TPSA) is 18.5 Å². The molecule has 2 aliphatic rings. The number of hydrogen-bond acceptors (Lipinski definition) is 2. The van der Waals surface area contributed by atoms with Gasteiger partial charge in [0.05, 0.1) is 12.2 Å². The average Bonchev–Trinajstić information content (AvgIpc) is 2.59. The van der Waals surface area contributed by atoms with Gasteiger partial charge in [-0.15, -0.1) is 0 Å². The van der Waals surface area contributed by atoms with Gasteiger partial charge in [0.1, 0.15) is 0 Å². The van der Waals surface area contributed by atoms with Crippen LogP contribution in [0.2, 0.25) is 0 Å². The summed E-state index contributed by atoms with van der Waals surface area (Å²) in [5.41, 5.74) is 0. The van der Waals surface area contributed by atoms with Gasteiger partial charge in [0.15, 0.2) is 0 Å². The first-order valence-corrected chi connectivity index (χ1v) is 5.18. The lowest BCUT2D eigenvalue weighted by Crippen LogP contribution is -2.27. The Morgan fingerprint density at radius 2 is 1.42 bits per heavy atom. The molecular weight excluding hydrogens is 152 g/mol. The van der Waals surface area contributed by atoms with Crippen LogP contribution in [-0.2, 0) is 9.47 Å². The quantitative estimate of drug-likeness (QED) is 0.632. The molecule has 0 aromatic carbocycles. The maximum atomic E-state index is 5.97. The Labute approximate surface area is 74.2 Å². The van der Waals surface area contributed by atoms with Crippen LogP contribution in [0.1, 0.15) is 38.5 Å². The van der Waals surface area contributed by atoms with Crippen molar-refractivity contribution in [2.24, 2.45) is 0 Å². The van der Waals surface area contributed by atoms with E-state index in [-0.39, 0.29) is 0 Å². The highest BCUT2D eigenvalue weighted by Crippen LogP contribution is 2.24. The first-order valence-electron chi connectivity index (χ1n) is 5.18. The molecule has 1 heterocycles. The third-order valence-corrected chi connectivity index (χ3v) is 2.86. The lowest BCUT2D eigenvalue weighted by molar-refractivity contribution is -0.0654. The molecule has 0 aromatic heterocycles. The Balaban J connectivity index is 1.69. The van der Waals surface area contributed by atoms with Crippen LogP contribution in [-0.4, -0.2) is 25.4 Å². The average molecular weight is 170 g/mol. The van der Waals surface area contributed by atoms with Crippen molar-refractivity contribution in [3.63, 3.8) is 0 Å². The van der Waals surface area contributed by atoms with Gasteiger partial charge in [-0.1, -0.05) is 12.8 Å². The highest BCUT2D eigenvalue weighted by Gasteiger charge is 2.21. The third kappa shape index (κ3) is 2.20. The summed E-state index contributed by atoms with van der Waals surface area (Å²) in [5.74, 6) is 0. The van der Waals surface area contributed by atoms with Crippen molar-refractivity contribution in [1.29, 1.82) is 0 Å². The molecule has 1 saturated carbocycles. The van der Waals surface area contributed by atoms with Crippen LogP contribution in [0.3, 0.4) is 0 Å². The van der Waals surface area contributed by atoms with E-state index in [4.69, 9.17) is 9.47 Å². The van der Waals surface area contributed by atoms with Crippen molar-refractivity contribution in [3.05, 3.63) is 0 Å². The van der Waals surface area contributed by atoms with Crippen molar-refractivity contribution in [2.75, 3.05) is 13.2 Å². The molecule has 2 fully saturated rings. The standard InChI is InChI=1S/C10H18O2/c1-2-4-9(3-1)12-10-5-7-11-8-6-10/h9-10H,1-8H2. The fraction of sp³-hybridized carbons (Fsp3) is 1.00. The second kappa shape index (κ2) is 4.24. The van der Waals surface area contributed by atoms with Crippen LogP contribution < -0.4 is 0 Å². The molecule has 0 atom stereocenters. The van der Waals surface area contributed by atoms with Crippen LogP contribution in [0, 0.1) is 0 Å². The molecule has 0 amide bonds. The van der Waals surface area contributed by atoms with Crippen LogP contribution in [0.15, 0.2) is 0 Å². The highest BCUT2D eigenvalue weighted by atomic mass is 16.5. The molecule has 0 radical (unpaired) electrons. The molecule has 2 heteroatoms. The molecular formula is C10H18O2. The molecule has 0 bridgehead atoms. The Kier molecular flexibility index (Phi) is 3.01. The molecule has 12 heavy (non-hydrogen) atoms. The minimum atomic E-state index is 0.502. The second-order valence-corrected chi connectivity index (χ2v) is 3.85. The Morgan fingerprint density at radius 1 is 0.833 bits per heavy atom. The van der Waals surface area contributed by atoms with E-state index < -0.39 is 0 Å². The molecule has 2 rings (SSSR count). The van der Waals surface area contributed by atoms with Gasteiger partial charge < -0.3 is 9.47 Å². The Hall–Kier alpha value is -0.0800. The van der Waals surface area contributed by atoms with Gasteiger partial charge in [0.2, 0.25) is 0 Å². The Bertz CT molecular complexity index is 124. The van der Waals surface area contributed by atoms with Crippen molar-refractivity contribution in [1.82, 2.24) is 0 Å². The summed E-state index contributed by atoms with van der Waals surface area (Å²) in [6.45, 7) is 1.80. The second-order valence-electron chi connectivity index (χ2n) is 3.85. The van der Waals surface area contributed by atoms with E-state index in [1.807, 2.05) is 0 Å². The minimum absolute atomic E-state index is 0.502. The largest absolute Gasteiger partial charge is 0.381 e. The third-order valence-electron chi connectivity index (χ3n) is 2.86. The van der Waals surface area contributed by atoms with Crippen molar-refractivity contribution in [2.45, 2.75) is 50.7 Å². The lowest BCUT2D eigenvalue weighted by atomic mass is 10.1. The normalized spacial score (nSPS) is 28.0. The summed E-state index contributed by atoms with van der Waals surface area (Å²) in [6, 6.07) is 0. The van der Waals surface area contributed by atoms with E-state index in [1.54, 1.807) is 0 Å². The zero-order valence-corrected chi connectivity index (χ0v) is 7.63. The zero-order chi connectivity index (χ0) is 8.23. The van der Waals surface area contributed by atoms with Crippen molar-refractivity contribution in [3.8, 4) is 0 Å². The van der Waals surface area contributed by atoms with Crippen LogP contribution in [0.4, 0.5) is 0 Å². The van der Waals surface area contributed by atoms with Gasteiger partial charge in [-0.05, 0) is 25.7 Å². The van der Waals surface area contributed by atoms with E-state index in [1.165, 1.54) is 25.7 Å². The smallest absolute Gasteiger partial charge is 0.0622 e. The summed E-state index contributed by atoms with van der Waals surface area (Å²) < 4.78 is 11.3. The van der Waals surface area contributed by atoms with Gasteiger partial charge in [-0.2, -0.15) is 0 Å². The predicted octanol–water partition coefficient (Wildman–Crippen LogP) is 2.12. The molecule has 0 aromatic rings. The van der Waals surface area contributed by atoms with Gasteiger partial charge in [0.25, 0.3) is 0 Å². The van der Waals surface area contributed by atoms with Crippen molar-refractivity contribution >= 4 is 0 Å².